The molecule has 13 heavy (non-hydrogen) atoms. The molecular formula is C13H16. The Balaban J connectivity index is 1.84. The minimum Gasteiger partial charge on any atom is -0.0848 e. The Kier molecular flexibility index (Phi) is 1.11. The number of rotatable bonds is 0. The lowest BCUT2D eigenvalue weighted by Crippen LogP contribution is -2.38. The van der Waals surface area contributed by atoms with Crippen molar-refractivity contribution in [2.75, 3.05) is 0 Å². The molecule has 5 aliphatic rings. The first kappa shape index (κ1) is 6.86. The van der Waals surface area contributed by atoms with Crippen LogP contribution in [0.25, 0.3) is 0 Å². The Bertz CT molecular complexity index is 271. The van der Waals surface area contributed by atoms with Crippen molar-refractivity contribution in [3.8, 4) is 0 Å². The summed E-state index contributed by atoms with van der Waals surface area (Å²) < 4.78 is 0. The van der Waals surface area contributed by atoms with E-state index in [4.69, 9.17) is 0 Å². The van der Waals surface area contributed by atoms with Crippen LogP contribution in [0.5, 0.6) is 0 Å². The molecule has 0 amide bonds. The molecule has 5 rings (SSSR count). The van der Waals surface area contributed by atoms with Gasteiger partial charge in [-0.05, 0) is 54.8 Å². The van der Waals surface area contributed by atoms with Crippen molar-refractivity contribution in [3.05, 3.63) is 24.3 Å². The van der Waals surface area contributed by atoms with E-state index in [0.717, 1.165) is 35.5 Å². The summed E-state index contributed by atoms with van der Waals surface area (Å²) in [5.41, 5.74) is 0. The average Bonchev–Trinajstić information content (AvgIpc) is 2.80. The van der Waals surface area contributed by atoms with Gasteiger partial charge in [-0.25, -0.2) is 0 Å². The standard InChI is InChI=1S/C13H16/c1-2-9-4-3-8(1)12-10-5-6-11(7-10)13(9)12/h1-2,5-6,8-13H,3-4,7H2/t8-,9+,10+,11-,12?,13?. The van der Waals surface area contributed by atoms with Gasteiger partial charge in [-0.1, -0.05) is 24.3 Å². The Morgan fingerprint density at radius 3 is 1.54 bits per heavy atom. The summed E-state index contributed by atoms with van der Waals surface area (Å²) in [6, 6.07) is 0. The summed E-state index contributed by atoms with van der Waals surface area (Å²) in [5.74, 6) is 5.95. The molecule has 0 radical (unpaired) electrons. The molecule has 0 aromatic heterocycles. The minimum atomic E-state index is 0.954. The molecule has 0 aromatic carbocycles. The van der Waals surface area contributed by atoms with Gasteiger partial charge in [0.25, 0.3) is 0 Å². The fraction of sp³-hybridized carbons (Fsp3) is 0.692. The monoisotopic (exact) mass is 172 g/mol. The van der Waals surface area contributed by atoms with Crippen molar-refractivity contribution < 1.29 is 0 Å². The third kappa shape index (κ3) is 0.697. The van der Waals surface area contributed by atoms with E-state index >= 15 is 0 Å². The lowest BCUT2D eigenvalue weighted by atomic mass is 9.59. The van der Waals surface area contributed by atoms with Gasteiger partial charge in [0.2, 0.25) is 0 Å². The zero-order valence-corrected chi connectivity index (χ0v) is 7.89. The molecule has 0 aliphatic heterocycles. The van der Waals surface area contributed by atoms with Crippen LogP contribution >= 0.6 is 0 Å². The molecule has 0 heteroatoms. The number of hydrogen-bond donors (Lipinski definition) is 0. The van der Waals surface area contributed by atoms with Crippen LogP contribution in [0.15, 0.2) is 24.3 Å². The van der Waals surface area contributed by atoms with Gasteiger partial charge in [-0.3, -0.25) is 0 Å². The Labute approximate surface area is 79.7 Å². The summed E-state index contributed by atoms with van der Waals surface area (Å²) in [6.07, 6.45) is 14.6. The maximum atomic E-state index is 2.53. The van der Waals surface area contributed by atoms with Crippen molar-refractivity contribution in [2.24, 2.45) is 35.5 Å². The molecule has 0 N–H and O–H groups in total. The van der Waals surface area contributed by atoms with Crippen molar-refractivity contribution in [3.63, 3.8) is 0 Å². The largest absolute Gasteiger partial charge is 0.0848 e. The molecule has 2 fully saturated rings. The third-order valence-electron chi connectivity index (χ3n) is 5.01. The van der Waals surface area contributed by atoms with Gasteiger partial charge in [-0.15, -0.1) is 0 Å². The van der Waals surface area contributed by atoms with E-state index in [1.807, 2.05) is 0 Å². The van der Waals surface area contributed by atoms with E-state index in [1.54, 1.807) is 0 Å². The quantitative estimate of drug-likeness (QED) is 0.493. The van der Waals surface area contributed by atoms with Crippen molar-refractivity contribution in [1.82, 2.24) is 0 Å². The normalized spacial score (nSPS) is 60.3. The van der Waals surface area contributed by atoms with E-state index in [-0.39, 0.29) is 0 Å². The van der Waals surface area contributed by atoms with Crippen LogP contribution in [0.2, 0.25) is 0 Å². The molecular weight excluding hydrogens is 156 g/mol. The van der Waals surface area contributed by atoms with Gasteiger partial charge in [0.15, 0.2) is 0 Å². The summed E-state index contributed by atoms with van der Waals surface area (Å²) in [7, 11) is 0. The summed E-state index contributed by atoms with van der Waals surface area (Å²) in [4.78, 5) is 0. The Morgan fingerprint density at radius 1 is 0.615 bits per heavy atom. The average molecular weight is 172 g/mol. The Hall–Kier alpha value is -0.520. The maximum Gasteiger partial charge on any atom is -0.0191 e. The second-order valence-corrected chi connectivity index (χ2v) is 5.39. The van der Waals surface area contributed by atoms with Gasteiger partial charge in [0, 0.05) is 0 Å². The fourth-order valence-corrected chi connectivity index (χ4v) is 4.61. The fourth-order valence-electron chi connectivity index (χ4n) is 4.61. The van der Waals surface area contributed by atoms with Crippen molar-refractivity contribution in [1.29, 1.82) is 0 Å². The number of fused-ring (bicyclic) bond motifs is 3. The molecule has 4 bridgehead atoms. The van der Waals surface area contributed by atoms with Gasteiger partial charge < -0.3 is 0 Å². The molecule has 0 saturated heterocycles. The van der Waals surface area contributed by atoms with Crippen molar-refractivity contribution >= 4 is 0 Å². The molecule has 5 aliphatic carbocycles. The lowest BCUT2D eigenvalue weighted by Gasteiger charge is -2.46. The summed E-state index contributed by atoms with van der Waals surface area (Å²) in [5, 5.41) is 0. The second-order valence-electron chi connectivity index (χ2n) is 5.39. The SMILES string of the molecule is C1=C[C@H]2C[C@@H]1C1C2[C@@H]2C=C[C@H]1CC2. The smallest absolute Gasteiger partial charge is 0.0191 e. The van der Waals surface area contributed by atoms with E-state index in [1.165, 1.54) is 19.3 Å². The van der Waals surface area contributed by atoms with Gasteiger partial charge in [0.1, 0.15) is 0 Å². The second kappa shape index (κ2) is 2.10. The highest BCUT2D eigenvalue weighted by molar-refractivity contribution is 5.23. The molecule has 0 heterocycles. The predicted octanol–water partition coefficient (Wildman–Crippen LogP) is 3.02. The highest BCUT2D eigenvalue weighted by Crippen LogP contribution is 2.60. The summed E-state index contributed by atoms with van der Waals surface area (Å²) >= 11 is 0. The molecule has 0 aromatic rings. The molecule has 0 spiro atoms. The van der Waals surface area contributed by atoms with E-state index in [2.05, 4.69) is 24.3 Å². The van der Waals surface area contributed by atoms with Crippen molar-refractivity contribution in [2.45, 2.75) is 19.3 Å². The highest BCUT2D eigenvalue weighted by Gasteiger charge is 2.53. The van der Waals surface area contributed by atoms with Crippen LogP contribution in [0.3, 0.4) is 0 Å². The van der Waals surface area contributed by atoms with Crippen LogP contribution in [0.4, 0.5) is 0 Å². The Morgan fingerprint density at radius 2 is 1.08 bits per heavy atom. The minimum absolute atomic E-state index is 0.954. The lowest BCUT2D eigenvalue weighted by molar-refractivity contribution is 0.112. The van der Waals surface area contributed by atoms with E-state index in [9.17, 15) is 0 Å². The van der Waals surface area contributed by atoms with Crippen LogP contribution in [-0.2, 0) is 0 Å². The zero-order chi connectivity index (χ0) is 8.41. The van der Waals surface area contributed by atoms with Gasteiger partial charge in [0.05, 0.1) is 0 Å². The first-order valence-corrected chi connectivity index (χ1v) is 5.80. The molecule has 2 unspecified atom stereocenters. The van der Waals surface area contributed by atoms with E-state index in [0.29, 0.717) is 0 Å². The van der Waals surface area contributed by atoms with Crippen LogP contribution in [-0.4, -0.2) is 0 Å². The van der Waals surface area contributed by atoms with E-state index < -0.39 is 0 Å². The number of hydrogen-bond acceptors (Lipinski definition) is 0. The third-order valence-corrected chi connectivity index (χ3v) is 5.01. The maximum absolute atomic E-state index is 2.53. The summed E-state index contributed by atoms with van der Waals surface area (Å²) in [6.45, 7) is 0. The van der Waals surface area contributed by atoms with Gasteiger partial charge >= 0.3 is 0 Å². The molecule has 68 valence electrons. The topological polar surface area (TPSA) is 0 Å². The van der Waals surface area contributed by atoms with Crippen LogP contribution in [0, 0.1) is 35.5 Å². The highest BCUT2D eigenvalue weighted by atomic mass is 14.6. The molecule has 2 saturated carbocycles. The predicted molar refractivity (Wildman–Crippen MR) is 53.1 cm³/mol. The van der Waals surface area contributed by atoms with Crippen LogP contribution < -0.4 is 0 Å². The van der Waals surface area contributed by atoms with Gasteiger partial charge in [-0.2, -0.15) is 0 Å². The van der Waals surface area contributed by atoms with Crippen LogP contribution in [0.1, 0.15) is 19.3 Å². The first-order valence-electron chi connectivity index (χ1n) is 5.80. The first-order chi connectivity index (χ1) is 6.43. The number of allylic oxidation sites excluding steroid dienone is 4. The molecule has 6 atom stereocenters. The zero-order valence-electron chi connectivity index (χ0n) is 7.89. The molecule has 0 nitrogen and oxygen atoms in total.